The number of ether oxygens (including phenoxy) is 2. The lowest BCUT2D eigenvalue weighted by Gasteiger charge is -2.35. The molecule has 1 saturated heterocycles. The quantitative estimate of drug-likeness (QED) is 0.919. The van der Waals surface area contributed by atoms with Gasteiger partial charge in [-0.15, -0.1) is 0 Å². The molecule has 0 saturated carbocycles. The minimum Gasteiger partial charge on any atom is -0.484 e. The van der Waals surface area contributed by atoms with Gasteiger partial charge in [0, 0.05) is 25.2 Å². The molecule has 2 atom stereocenters. The Morgan fingerprint density at radius 3 is 2.78 bits per heavy atom. The second-order valence-electron chi connectivity index (χ2n) is 6.21. The maximum atomic E-state index is 12.3. The molecule has 2 aliphatic heterocycles. The molecule has 6 heteroatoms. The average molecular weight is 318 g/mol. The molecule has 2 aliphatic rings. The highest BCUT2D eigenvalue weighted by Crippen LogP contribution is 2.26. The van der Waals surface area contributed by atoms with Gasteiger partial charge >= 0.3 is 0 Å². The molecule has 23 heavy (non-hydrogen) atoms. The topological polar surface area (TPSA) is 67.9 Å². The number of hydrogen-bond donors (Lipinski definition) is 1. The predicted octanol–water partition coefficient (Wildman–Crippen LogP) is 1.59. The van der Waals surface area contributed by atoms with Crippen molar-refractivity contribution in [2.75, 3.05) is 25.0 Å². The van der Waals surface area contributed by atoms with Crippen LogP contribution in [0.25, 0.3) is 0 Å². The molecule has 0 aliphatic carbocycles. The summed E-state index contributed by atoms with van der Waals surface area (Å²) in [6.07, 6.45) is 1.29. The summed E-state index contributed by atoms with van der Waals surface area (Å²) in [4.78, 5) is 25.4. The second kappa shape index (κ2) is 6.58. The minimum absolute atomic E-state index is 0.0184. The Bertz CT molecular complexity index is 607. The molecule has 1 N–H and O–H groups in total. The average Bonchev–Trinajstić information content (AvgIpc) is 2.51. The zero-order valence-electron chi connectivity index (χ0n) is 13.5. The molecule has 0 radical (unpaired) electrons. The number of nitrogens with one attached hydrogen (secondary N) is 1. The van der Waals surface area contributed by atoms with Crippen molar-refractivity contribution in [3.63, 3.8) is 0 Å². The van der Waals surface area contributed by atoms with Crippen LogP contribution in [0.1, 0.15) is 25.8 Å². The molecule has 6 nitrogen and oxygen atoms in total. The summed E-state index contributed by atoms with van der Waals surface area (Å²) in [6.45, 7) is 5.15. The van der Waals surface area contributed by atoms with Crippen LogP contribution in [-0.4, -0.2) is 48.6 Å². The molecule has 0 aromatic heterocycles. The number of morpholine rings is 1. The van der Waals surface area contributed by atoms with E-state index in [0.29, 0.717) is 31.7 Å². The van der Waals surface area contributed by atoms with E-state index >= 15 is 0 Å². The Balaban J connectivity index is 1.58. The molecule has 0 spiro atoms. The van der Waals surface area contributed by atoms with Gasteiger partial charge in [0.25, 0.3) is 5.91 Å². The number of amides is 2. The van der Waals surface area contributed by atoms with Gasteiger partial charge in [0.1, 0.15) is 5.75 Å². The summed E-state index contributed by atoms with van der Waals surface area (Å²) in [5.74, 6) is 0.664. The number of benzene rings is 1. The minimum atomic E-state index is -0.0296. The summed E-state index contributed by atoms with van der Waals surface area (Å²) in [6, 6.07) is 5.50. The van der Waals surface area contributed by atoms with Crippen LogP contribution in [-0.2, 0) is 20.7 Å². The van der Waals surface area contributed by atoms with Crippen LogP contribution in [0.5, 0.6) is 5.75 Å². The van der Waals surface area contributed by atoms with Gasteiger partial charge in [0.05, 0.1) is 12.2 Å². The number of hydrogen-bond acceptors (Lipinski definition) is 4. The zero-order valence-corrected chi connectivity index (χ0v) is 13.5. The third-order valence-corrected chi connectivity index (χ3v) is 4.11. The van der Waals surface area contributed by atoms with Crippen molar-refractivity contribution in [2.24, 2.45) is 0 Å². The number of carbonyl (C=O) groups excluding carboxylic acids is 2. The van der Waals surface area contributed by atoms with Gasteiger partial charge in [-0.25, -0.2) is 0 Å². The van der Waals surface area contributed by atoms with E-state index in [-0.39, 0.29) is 30.6 Å². The molecule has 1 aromatic rings. The van der Waals surface area contributed by atoms with E-state index in [1.54, 1.807) is 11.0 Å². The molecule has 0 bridgehead atoms. The first-order valence-corrected chi connectivity index (χ1v) is 8.00. The second-order valence-corrected chi connectivity index (χ2v) is 6.21. The lowest BCUT2D eigenvalue weighted by atomic mass is 10.0. The lowest BCUT2D eigenvalue weighted by molar-refractivity contribution is -0.145. The van der Waals surface area contributed by atoms with Crippen LogP contribution in [0.3, 0.4) is 0 Å². The van der Waals surface area contributed by atoms with Crippen LogP contribution in [0, 0.1) is 0 Å². The summed E-state index contributed by atoms with van der Waals surface area (Å²) >= 11 is 0. The summed E-state index contributed by atoms with van der Waals surface area (Å²) in [5, 5.41) is 2.83. The molecule has 2 amide bonds. The van der Waals surface area contributed by atoms with Gasteiger partial charge < -0.3 is 19.7 Å². The third-order valence-electron chi connectivity index (χ3n) is 4.11. The van der Waals surface area contributed by atoms with Crippen LogP contribution in [0.4, 0.5) is 5.69 Å². The van der Waals surface area contributed by atoms with E-state index < -0.39 is 0 Å². The monoisotopic (exact) mass is 318 g/mol. The van der Waals surface area contributed by atoms with E-state index in [9.17, 15) is 9.59 Å². The third kappa shape index (κ3) is 3.82. The van der Waals surface area contributed by atoms with Crippen molar-refractivity contribution in [1.29, 1.82) is 0 Å². The Morgan fingerprint density at radius 2 is 2.04 bits per heavy atom. The van der Waals surface area contributed by atoms with Crippen molar-refractivity contribution in [3.05, 3.63) is 23.8 Å². The van der Waals surface area contributed by atoms with Gasteiger partial charge in [-0.05, 0) is 44.0 Å². The summed E-state index contributed by atoms with van der Waals surface area (Å²) in [7, 11) is 0. The van der Waals surface area contributed by atoms with Crippen molar-refractivity contribution in [1.82, 2.24) is 4.90 Å². The van der Waals surface area contributed by atoms with E-state index in [0.717, 1.165) is 11.3 Å². The Kier molecular flexibility index (Phi) is 4.52. The standard InChI is InChI=1S/C17H22N2O4/c1-11-8-19(9-12(2)23-11)17(21)10-22-14-4-5-15-13(7-14)3-6-16(20)18-15/h4-5,7,11-12H,3,6,8-10H2,1-2H3,(H,18,20)/t11-,12-/m0/s1. The first-order valence-electron chi connectivity index (χ1n) is 8.00. The lowest BCUT2D eigenvalue weighted by Crippen LogP contribution is -2.49. The first kappa shape index (κ1) is 15.8. The van der Waals surface area contributed by atoms with Gasteiger partial charge in [-0.2, -0.15) is 0 Å². The highest BCUT2D eigenvalue weighted by molar-refractivity contribution is 5.94. The van der Waals surface area contributed by atoms with E-state index in [4.69, 9.17) is 9.47 Å². The number of aryl methyl sites for hydroxylation is 1. The maximum absolute atomic E-state index is 12.3. The van der Waals surface area contributed by atoms with E-state index in [1.807, 2.05) is 26.0 Å². The fourth-order valence-electron chi connectivity index (χ4n) is 3.07. The molecule has 1 aromatic carbocycles. The van der Waals surface area contributed by atoms with Crippen LogP contribution < -0.4 is 10.1 Å². The largest absolute Gasteiger partial charge is 0.484 e. The SMILES string of the molecule is C[C@H]1CN(C(=O)COc2ccc3c(c2)CCC(=O)N3)C[C@H](C)O1. The number of rotatable bonds is 3. The van der Waals surface area contributed by atoms with Gasteiger partial charge in [-0.1, -0.05) is 0 Å². The zero-order chi connectivity index (χ0) is 16.4. The van der Waals surface area contributed by atoms with Gasteiger partial charge in [-0.3, -0.25) is 9.59 Å². The fourth-order valence-corrected chi connectivity index (χ4v) is 3.07. The van der Waals surface area contributed by atoms with Gasteiger partial charge in [0.2, 0.25) is 5.91 Å². The Morgan fingerprint density at radius 1 is 1.30 bits per heavy atom. The van der Waals surface area contributed by atoms with Crippen LogP contribution in [0.2, 0.25) is 0 Å². The molecule has 3 rings (SSSR count). The van der Waals surface area contributed by atoms with Crippen LogP contribution >= 0.6 is 0 Å². The highest BCUT2D eigenvalue weighted by atomic mass is 16.5. The molecule has 124 valence electrons. The fraction of sp³-hybridized carbons (Fsp3) is 0.529. The van der Waals surface area contributed by atoms with Crippen molar-refractivity contribution < 1.29 is 19.1 Å². The Labute approximate surface area is 135 Å². The predicted molar refractivity (Wildman–Crippen MR) is 85.5 cm³/mol. The number of nitrogens with zero attached hydrogens (tertiary/aromatic N) is 1. The normalized spacial score (nSPS) is 23.9. The van der Waals surface area contributed by atoms with E-state index in [1.165, 1.54) is 0 Å². The van der Waals surface area contributed by atoms with Crippen LogP contribution in [0.15, 0.2) is 18.2 Å². The smallest absolute Gasteiger partial charge is 0.260 e. The number of carbonyl (C=O) groups is 2. The maximum Gasteiger partial charge on any atom is 0.260 e. The van der Waals surface area contributed by atoms with Gasteiger partial charge in [0.15, 0.2) is 6.61 Å². The number of anilines is 1. The van der Waals surface area contributed by atoms with Crippen molar-refractivity contribution in [3.8, 4) is 5.75 Å². The highest BCUT2D eigenvalue weighted by Gasteiger charge is 2.26. The summed E-state index contributed by atoms with van der Waals surface area (Å²) in [5.41, 5.74) is 1.87. The molecule has 0 unspecified atom stereocenters. The number of fused-ring (bicyclic) bond motifs is 1. The first-order chi connectivity index (χ1) is 11.0. The van der Waals surface area contributed by atoms with Crippen molar-refractivity contribution in [2.45, 2.75) is 38.9 Å². The molecular weight excluding hydrogens is 296 g/mol. The summed E-state index contributed by atoms with van der Waals surface area (Å²) < 4.78 is 11.3. The molecular formula is C17H22N2O4. The Hall–Kier alpha value is -2.08. The molecule has 1 fully saturated rings. The van der Waals surface area contributed by atoms with E-state index in [2.05, 4.69) is 5.32 Å². The van der Waals surface area contributed by atoms with Crippen molar-refractivity contribution >= 4 is 17.5 Å². The molecule has 2 heterocycles.